The molecule has 0 amide bonds. The van der Waals surface area contributed by atoms with E-state index in [2.05, 4.69) is 28.9 Å². The SMILES string of the molecule is C[C@]12CC[C@@H]3c4ccc(O)c(Br)c4CC[C@@H]3[C@@H]1CCC2=O. The normalized spacial score (nSPS) is 37.8. The summed E-state index contributed by atoms with van der Waals surface area (Å²) in [6, 6.07) is 3.94. The summed E-state index contributed by atoms with van der Waals surface area (Å²) in [5, 5.41) is 9.91. The van der Waals surface area contributed by atoms with E-state index in [4.69, 9.17) is 0 Å². The predicted molar refractivity (Wildman–Crippen MR) is 85.4 cm³/mol. The maximum atomic E-state index is 12.3. The highest BCUT2D eigenvalue weighted by Gasteiger charge is 2.54. The van der Waals surface area contributed by atoms with Crippen molar-refractivity contribution in [3.8, 4) is 5.75 Å². The van der Waals surface area contributed by atoms with Gasteiger partial charge in [0.05, 0.1) is 4.47 Å². The molecule has 3 heteroatoms. The van der Waals surface area contributed by atoms with Crippen LogP contribution in [-0.2, 0) is 11.2 Å². The molecule has 112 valence electrons. The van der Waals surface area contributed by atoms with Crippen LogP contribution in [0.1, 0.15) is 56.1 Å². The average molecular weight is 349 g/mol. The molecular formula is C18H21BrO2. The van der Waals surface area contributed by atoms with Gasteiger partial charge in [-0.1, -0.05) is 13.0 Å². The van der Waals surface area contributed by atoms with E-state index in [-0.39, 0.29) is 5.41 Å². The first-order valence-electron chi connectivity index (χ1n) is 8.06. The summed E-state index contributed by atoms with van der Waals surface area (Å²) < 4.78 is 0.884. The molecule has 0 radical (unpaired) electrons. The molecule has 1 N–H and O–H groups in total. The molecular weight excluding hydrogens is 328 g/mol. The van der Waals surface area contributed by atoms with E-state index in [0.29, 0.717) is 29.3 Å². The Kier molecular flexibility index (Phi) is 3.01. The third kappa shape index (κ3) is 1.79. The van der Waals surface area contributed by atoms with E-state index in [0.717, 1.165) is 43.0 Å². The average Bonchev–Trinajstić information content (AvgIpc) is 2.78. The second-order valence-electron chi connectivity index (χ2n) is 7.30. The molecule has 0 aliphatic heterocycles. The van der Waals surface area contributed by atoms with Crippen LogP contribution >= 0.6 is 15.9 Å². The van der Waals surface area contributed by atoms with Gasteiger partial charge in [0.15, 0.2) is 0 Å². The Morgan fingerprint density at radius 1 is 1.24 bits per heavy atom. The zero-order chi connectivity index (χ0) is 14.8. The molecule has 3 aliphatic carbocycles. The zero-order valence-electron chi connectivity index (χ0n) is 12.4. The highest BCUT2D eigenvalue weighted by molar-refractivity contribution is 9.10. The molecule has 2 nitrogen and oxygen atoms in total. The van der Waals surface area contributed by atoms with Crippen LogP contribution in [0.5, 0.6) is 5.75 Å². The lowest BCUT2D eigenvalue weighted by molar-refractivity contribution is -0.129. The number of Topliss-reactive ketones (excluding diaryl/α,β-unsaturated/α-hetero) is 1. The van der Waals surface area contributed by atoms with Crippen molar-refractivity contribution in [1.82, 2.24) is 0 Å². The number of fused-ring (bicyclic) bond motifs is 5. The first-order chi connectivity index (χ1) is 10.0. The van der Waals surface area contributed by atoms with Crippen molar-refractivity contribution in [1.29, 1.82) is 0 Å². The van der Waals surface area contributed by atoms with Crippen molar-refractivity contribution >= 4 is 21.7 Å². The molecule has 2 fully saturated rings. The number of hydrogen-bond donors (Lipinski definition) is 1. The minimum atomic E-state index is -0.0488. The van der Waals surface area contributed by atoms with Crippen LogP contribution in [0, 0.1) is 17.3 Å². The summed E-state index contributed by atoms with van der Waals surface area (Å²) in [4.78, 5) is 12.3. The molecule has 2 saturated carbocycles. The quantitative estimate of drug-likeness (QED) is 0.744. The van der Waals surface area contributed by atoms with Gasteiger partial charge in [-0.15, -0.1) is 0 Å². The molecule has 0 spiro atoms. The van der Waals surface area contributed by atoms with Gasteiger partial charge in [-0.05, 0) is 83.0 Å². The van der Waals surface area contributed by atoms with Crippen molar-refractivity contribution in [2.45, 2.75) is 51.4 Å². The van der Waals surface area contributed by atoms with Gasteiger partial charge < -0.3 is 5.11 Å². The molecule has 0 aromatic heterocycles. The van der Waals surface area contributed by atoms with Crippen LogP contribution in [-0.4, -0.2) is 10.9 Å². The van der Waals surface area contributed by atoms with Crippen molar-refractivity contribution < 1.29 is 9.90 Å². The number of hydrogen-bond acceptors (Lipinski definition) is 2. The van der Waals surface area contributed by atoms with Crippen molar-refractivity contribution in [3.05, 3.63) is 27.7 Å². The smallest absolute Gasteiger partial charge is 0.139 e. The number of phenols is 1. The third-order valence-corrected chi connectivity index (χ3v) is 7.42. The maximum Gasteiger partial charge on any atom is 0.139 e. The van der Waals surface area contributed by atoms with Gasteiger partial charge in [0, 0.05) is 11.8 Å². The third-order valence-electron chi connectivity index (χ3n) is 6.53. The summed E-state index contributed by atoms with van der Waals surface area (Å²) in [6.07, 6.45) is 6.21. The molecule has 0 bridgehead atoms. The first-order valence-corrected chi connectivity index (χ1v) is 8.85. The monoisotopic (exact) mass is 348 g/mol. The Bertz CT molecular complexity index is 624. The number of rotatable bonds is 0. The Labute approximate surface area is 134 Å². The summed E-state index contributed by atoms with van der Waals surface area (Å²) in [7, 11) is 0. The zero-order valence-corrected chi connectivity index (χ0v) is 13.9. The molecule has 0 saturated heterocycles. The van der Waals surface area contributed by atoms with Gasteiger partial charge in [-0.3, -0.25) is 4.79 Å². The largest absolute Gasteiger partial charge is 0.507 e. The predicted octanol–water partition coefficient (Wildman–Crippen LogP) is 4.58. The van der Waals surface area contributed by atoms with Gasteiger partial charge >= 0.3 is 0 Å². The molecule has 1 aromatic rings. The Morgan fingerprint density at radius 2 is 2.05 bits per heavy atom. The number of phenolic OH excluding ortho intramolecular Hbond substituents is 1. The topological polar surface area (TPSA) is 37.3 Å². The van der Waals surface area contributed by atoms with Crippen LogP contribution in [0.2, 0.25) is 0 Å². The van der Waals surface area contributed by atoms with Gasteiger partial charge in [0.1, 0.15) is 11.5 Å². The Morgan fingerprint density at radius 3 is 2.86 bits per heavy atom. The first kappa shape index (κ1) is 13.8. The molecule has 4 rings (SSSR count). The van der Waals surface area contributed by atoms with E-state index in [1.165, 1.54) is 11.1 Å². The molecule has 21 heavy (non-hydrogen) atoms. The number of halogens is 1. The molecule has 0 unspecified atom stereocenters. The lowest BCUT2D eigenvalue weighted by Gasteiger charge is -2.48. The molecule has 4 atom stereocenters. The highest BCUT2D eigenvalue weighted by Crippen LogP contribution is 2.60. The minimum absolute atomic E-state index is 0.0488. The minimum Gasteiger partial charge on any atom is -0.507 e. The van der Waals surface area contributed by atoms with E-state index >= 15 is 0 Å². The van der Waals surface area contributed by atoms with Crippen molar-refractivity contribution in [2.24, 2.45) is 17.3 Å². The van der Waals surface area contributed by atoms with Crippen LogP contribution in [0.3, 0.4) is 0 Å². The molecule has 0 heterocycles. The van der Waals surface area contributed by atoms with E-state index in [9.17, 15) is 9.90 Å². The van der Waals surface area contributed by atoms with Gasteiger partial charge in [-0.25, -0.2) is 0 Å². The van der Waals surface area contributed by atoms with E-state index < -0.39 is 0 Å². The van der Waals surface area contributed by atoms with Crippen molar-refractivity contribution in [2.75, 3.05) is 0 Å². The van der Waals surface area contributed by atoms with Crippen molar-refractivity contribution in [3.63, 3.8) is 0 Å². The van der Waals surface area contributed by atoms with Crippen LogP contribution in [0.25, 0.3) is 0 Å². The van der Waals surface area contributed by atoms with Crippen LogP contribution in [0.4, 0.5) is 0 Å². The lowest BCUT2D eigenvalue weighted by atomic mass is 9.55. The number of aromatic hydroxyl groups is 1. The summed E-state index contributed by atoms with van der Waals surface area (Å²) in [5.74, 6) is 2.66. The second kappa shape index (κ2) is 4.58. The fourth-order valence-corrected chi connectivity index (χ4v) is 5.94. The van der Waals surface area contributed by atoms with E-state index in [1.54, 1.807) is 0 Å². The van der Waals surface area contributed by atoms with Gasteiger partial charge in [0.2, 0.25) is 0 Å². The van der Waals surface area contributed by atoms with Gasteiger partial charge in [-0.2, -0.15) is 0 Å². The lowest BCUT2D eigenvalue weighted by Crippen LogP contribution is -2.42. The number of ketones is 1. The highest BCUT2D eigenvalue weighted by atomic mass is 79.9. The Balaban J connectivity index is 1.75. The number of carbonyl (C=O) groups is 1. The van der Waals surface area contributed by atoms with E-state index in [1.807, 2.05) is 6.07 Å². The molecule has 1 aromatic carbocycles. The molecule has 3 aliphatic rings. The fraction of sp³-hybridized carbons (Fsp3) is 0.611. The van der Waals surface area contributed by atoms with Crippen LogP contribution < -0.4 is 0 Å². The maximum absolute atomic E-state index is 12.3. The number of benzene rings is 1. The summed E-state index contributed by atoms with van der Waals surface area (Å²) >= 11 is 3.55. The Hall–Kier alpha value is -0.830. The standard InChI is InChI=1S/C18H21BrO2/c1-18-9-8-11-10-4-6-15(20)17(19)13(10)3-2-12(11)14(18)5-7-16(18)21/h4,6,11-12,14,20H,2-3,5,7-9H2,1H3/t11-,12+,14+,18+/m1/s1. The summed E-state index contributed by atoms with van der Waals surface area (Å²) in [6.45, 7) is 2.21. The van der Waals surface area contributed by atoms with Gasteiger partial charge in [0.25, 0.3) is 0 Å². The van der Waals surface area contributed by atoms with Crippen LogP contribution in [0.15, 0.2) is 16.6 Å². The fourth-order valence-electron chi connectivity index (χ4n) is 5.38. The second-order valence-corrected chi connectivity index (χ2v) is 8.09. The number of carbonyl (C=O) groups excluding carboxylic acids is 1. The summed E-state index contributed by atoms with van der Waals surface area (Å²) in [5.41, 5.74) is 2.66.